The number of aliphatic hydroxyl groups is 2. The summed E-state index contributed by atoms with van der Waals surface area (Å²) in [6.45, 7) is 2.25. The van der Waals surface area contributed by atoms with Crippen LogP contribution in [-0.2, 0) is 16.8 Å². The maximum atomic E-state index is 7.88. The van der Waals surface area contributed by atoms with Crippen LogP contribution >= 0.6 is 0 Å². The zero-order chi connectivity index (χ0) is 9.41. The van der Waals surface area contributed by atoms with Crippen LogP contribution in [-0.4, -0.2) is 38.0 Å². The Balaban J connectivity index is -0.0000000152. The summed E-state index contributed by atoms with van der Waals surface area (Å²) >= 11 is 0. The molecule has 1 radical (unpaired) electrons. The van der Waals surface area contributed by atoms with Gasteiger partial charge in [0.2, 0.25) is 0 Å². The average molecular weight is 211 g/mol. The van der Waals surface area contributed by atoms with Crippen LogP contribution < -0.4 is 0 Å². The van der Waals surface area contributed by atoms with Crippen molar-refractivity contribution in [2.24, 2.45) is 0 Å². The van der Waals surface area contributed by atoms with E-state index in [2.05, 4.69) is 0 Å². The quantitative estimate of drug-likeness (QED) is 0.685. The molecule has 0 spiro atoms. The Morgan fingerprint density at radius 1 is 1.00 bits per heavy atom. The first kappa shape index (κ1) is 30.2. The van der Waals surface area contributed by atoms with Crippen LogP contribution in [0.4, 0.5) is 0 Å². The predicted octanol–water partition coefficient (Wildman–Crippen LogP) is 1.33. The molecule has 0 fully saturated rings. The van der Waals surface area contributed by atoms with Crippen molar-refractivity contribution >= 4 is 0 Å². The summed E-state index contributed by atoms with van der Waals surface area (Å²) in [5, 5.41) is 14.9. The van der Waals surface area contributed by atoms with E-state index in [0.717, 1.165) is 13.5 Å². The molecule has 0 aliphatic heterocycles. The molecule has 0 aromatic carbocycles. The summed E-state index contributed by atoms with van der Waals surface area (Å²) in [7, 11) is 3.50. The van der Waals surface area contributed by atoms with Crippen LogP contribution in [0.5, 0.6) is 0 Å². The standard InChI is InChI=1S/C3H8O.2CH4N.CH4O.Co/c1-2-3-4;3*1-2;/h4H,2-3H2,1H3;3*2H,1H3;/q;2*-1;;+2. The molecule has 0 heterocycles. The van der Waals surface area contributed by atoms with Crippen molar-refractivity contribution in [3.05, 3.63) is 11.5 Å². The van der Waals surface area contributed by atoms with Crippen LogP contribution in [0.3, 0.4) is 0 Å². The minimum absolute atomic E-state index is 0. The number of rotatable bonds is 1. The number of hydrogen-bond acceptors (Lipinski definition) is 2. The molecule has 75 valence electrons. The molecule has 0 unspecified atom stereocenters. The molecule has 0 aliphatic carbocycles. The van der Waals surface area contributed by atoms with Gasteiger partial charge < -0.3 is 21.7 Å². The summed E-state index contributed by atoms with van der Waals surface area (Å²) < 4.78 is 0. The van der Waals surface area contributed by atoms with Gasteiger partial charge in [-0.2, -0.15) is 14.1 Å². The van der Waals surface area contributed by atoms with E-state index in [1.165, 1.54) is 14.1 Å². The Labute approximate surface area is 80.2 Å². The SMILES string of the molecule is CCCO.CO.C[NH-].C[NH-].[Co+2]. The van der Waals surface area contributed by atoms with E-state index in [1.54, 1.807) is 0 Å². The predicted molar refractivity (Wildman–Crippen MR) is 46.0 cm³/mol. The van der Waals surface area contributed by atoms with Crippen LogP contribution in [0.15, 0.2) is 0 Å². The van der Waals surface area contributed by atoms with Crippen LogP contribution in [0.2, 0.25) is 0 Å². The van der Waals surface area contributed by atoms with Crippen molar-refractivity contribution in [2.45, 2.75) is 13.3 Å². The van der Waals surface area contributed by atoms with Crippen LogP contribution in [0.1, 0.15) is 13.3 Å². The molecular weight excluding hydrogens is 191 g/mol. The normalized spacial score (nSPS) is 4.36. The van der Waals surface area contributed by atoms with Gasteiger partial charge in [0.1, 0.15) is 0 Å². The average Bonchev–Trinajstić information content (AvgIpc) is 2.14. The van der Waals surface area contributed by atoms with Crippen molar-refractivity contribution in [2.75, 3.05) is 27.8 Å². The van der Waals surface area contributed by atoms with Crippen molar-refractivity contribution < 1.29 is 27.0 Å². The fraction of sp³-hybridized carbons (Fsp3) is 1.00. The Morgan fingerprint density at radius 2 is 1.09 bits per heavy atom. The van der Waals surface area contributed by atoms with Gasteiger partial charge in [-0.25, -0.2) is 0 Å². The fourth-order valence-electron chi connectivity index (χ4n) is 0. The zero-order valence-electron chi connectivity index (χ0n) is 7.64. The largest absolute Gasteiger partial charge is 2.00 e. The maximum absolute atomic E-state index is 7.88. The van der Waals surface area contributed by atoms with Crippen molar-refractivity contribution in [3.63, 3.8) is 0 Å². The summed E-state index contributed by atoms with van der Waals surface area (Å²) in [6, 6.07) is 0. The second-order valence-electron chi connectivity index (χ2n) is 0.724. The number of hydrogen-bond donors (Lipinski definition) is 2. The molecule has 0 saturated heterocycles. The van der Waals surface area contributed by atoms with Gasteiger partial charge in [0.25, 0.3) is 0 Å². The minimum atomic E-state index is 0. The molecule has 0 saturated carbocycles. The molecule has 11 heavy (non-hydrogen) atoms. The molecule has 5 heteroatoms. The van der Waals surface area contributed by atoms with Crippen molar-refractivity contribution in [3.8, 4) is 0 Å². The topological polar surface area (TPSA) is 88.1 Å². The maximum Gasteiger partial charge on any atom is 2.00 e. The van der Waals surface area contributed by atoms with Gasteiger partial charge in [-0.3, -0.25) is 0 Å². The third-order valence-electron chi connectivity index (χ3n) is 0.224. The molecule has 4 N–H and O–H groups in total. The van der Waals surface area contributed by atoms with Gasteiger partial charge >= 0.3 is 16.8 Å². The summed E-state index contributed by atoms with van der Waals surface area (Å²) in [5.74, 6) is 0. The first-order chi connectivity index (χ1) is 4.91. The van der Waals surface area contributed by atoms with Crippen LogP contribution in [0.25, 0.3) is 11.5 Å². The van der Waals surface area contributed by atoms with Gasteiger partial charge in [-0.05, 0) is 6.42 Å². The van der Waals surface area contributed by atoms with E-state index in [9.17, 15) is 0 Å². The fourth-order valence-corrected chi connectivity index (χ4v) is 0. The van der Waals surface area contributed by atoms with E-state index in [0.29, 0.717) is 6.61 Å². The van der Waals surface area contributed by atoms with E-state index < -0.39 is 0 Å². The van der Waals surface area contributed by atoms with Gasteiger partial charge in [-0.15, -0.1) is 0 Å². The minimum Gasteiger partial charge on any atom is -0.680 e. The number of aliphatic hydroxyl groups excluding tert-OH is 2. The third kappa shape index (κ3) is 398. The molecule has 0 aromatic rings. The zero-order valence-corrected chi connectivity index (χ0v) is 8.68. The second kappa shape index (κ2) is 164. The Hall–Kier alpha value is 0.346. The number of nitrogens with one attached hydrogen (secondary N) is 2. The Kier molecular flexibility index (Phi) is 450. The first-order valence-electron chi connectivity index (χ1n) is 2.97. The van der Waals surface area contributed by atoms with Crippen molar-refractivity contribution in [1.29, 1.82) is 0 Å². The Morgan fingerprint density at radius 3 is 1.09 bits per heavy atom. The van der Waals surface area contributed by atoms with Gasteiger partial charge in [-0.1, -0.05) is 6.92 Å². The van der Waals surface area contributed by atoms with Crippen LogP contribution in [0, 0.1) is 0 Å². The van der Waals surface area contributed by atoms with Gasteiger partial charge in [0.05, 0.1) is 0 Å². The molecule has 4 nitrogen and oxygen atoms in total. The van der Waals surface area contributed by atoms with Crippen molar-refractivity contribution in [1.82, 2.24) is 0 Å². The summed E-state index contributed by atoms with van der Waals surface area (Å²) in [6.07, 6.45) is 0.875. The van der Waals surface area contributed by atoms with E-state index in [-0.39, 0.29) is 16.8 Å². The first-order valence-corrected chi connectivity index (χ1v) is 2.97. The smallest absolute Gasteiger partial charge is 0.680 e. The van der Waals surface area contributed by atoms with E-state index in [4.69, 9.17) is 21.7 Å². The summed E-state index contributed by atoms with van der Waals surface area (Å²) in [5.41, 5.74) is 11.5. The Bertz CT molecular complexity index is 20.5. The van der Waals surface area contributed by atoms with Gasteiger partial charge in [0, 0.05) is 13.7 Å². The molecule has 0 atom stereocenters. The molecular formula is C6H20CoN2O2. The molecule has 0 aromatic heterocycles. The summed E-state index contributed by atoms with van der Waals surface area (Å²) in [4.78, 5) is 0. The molecule has 0 rings (SSSR count). The monoisotopic (exact) mass is 211 g/mol. The molecule has 0 bridgehead atoms. The molecule has 0 aliphatic rings. The van der Waals surface area contributed by atoms with E-state index in [1.807, 2.05) is 6.92 Å². The van der Waals surface area contributed by atoms with E-state index >= 15 is 0 Å². The molecule has 0 amide bonds. The van der Waals surface area contributed by atoms with Gasteiger partial charge in [0.15, 0.2) is 0 Å². The third-order valence-corrected chi connectivity index (χ3v) is 0.224. The second-order valence-corrected chi connectivity index (χ2v) is 0.724.